The molecule has 0 spiro atoms. The molecule has 2 heterocycles. The number of carbonyl (C=O) groups excluding carboxylic acids is 1. The van der Waals surface area contributed by atoms with E-state index in [4.69, 9.17) is 4.74 Å². The summed E-state index contributed by atoms with van der Waals surface area (Å²) in [4.78, 5) is 16.5. The van der Waals surface area contributed by atoms with Crippen LogP contribution in [0.15, 0.2) is 0 Å². The first kappa shape index (κ1) is 18.5. The largest absolute Gasteiger partial charge is 0.444 e. The molecule has 2 atom stereocenters. The van der Waals surface area contributed by atoms with Gasteiger partial charge in [-0.25, -0.2) is 4.79 Å². The summed E-state index contributed by atoms with van der Waals surface area (Å²) in [5.41, 5.74) is -0.414. The standard InChI is InChI=1S/C18H35N3O2/c1-6-20-10-7-15(8-11-20)14(2)19-16-9-12-21(13-16)17(22)23-18(3,4)5/h14-16,19H,6-13H2,1-5H3. The molecule has 0 aromatic heterocycles. The number of nitrogens with one attached hydrogen (secondary N) is 1. The number of carbonyl (C=O) groups is 1. The van der Waals surface area contributed by atoms with Gasteiger partial charge in [0.1, 0.15) is 5.60 Å². The number of amides is 1. The summed E-state index contributed by atoms with van der Waals surface area (Å²) in [6.07, 6.45) is 3.41. The van der Waals surface area contributed by atoms with Gasteiger partial charge >= 0.3 is 6.09 Å². The molecule has 0 aromatic rings. The SMILES string of the molecule is CCN1CCC(C(C)NC2CCN(C(=O)OC(C)(C)C)C2)CC1. The summed E-state index contributed by atoms with van der Waals surface area (Å²) in [7, 11) is 0. The molecule has 0 aliphatic carbocycles. The molecule has 1 amide bonds. The highest BCUT2D eigenvalue weighted by atomic mass is 16.6. The van der Waals surface area contributed by atoms with Crippen molar-refractivity contribution in [1.82, 2.24) is 15.1 Å². The van der Waals surface area contributed by atoms with Crippen LogP contribution in [0.5, 0.6) is 0 Å². The molecule has 2 rings (SSSR count). The maximum absolute atomic E-state index is 12.1. The van der Waals surface area contributed by atoms with Crippen LogP contribution >= 0.6 is 0 Å². The predicted octanol–water partition coefficient (Wildman–Crippen LogP) is 2.71. The molecule has 2 aliphatic rings. The summed E-state index contributed by atoms with van der Waals surface area (Å²) in [6.45, 7) is 15.5. The molecular formula is C18H35N3O2. The number of rotatable bonds is 4. The number of nitrogens with zero attached hydrogens (tertiary/aromatic N) is 2. The minimum absolute atomic E-state index is 0.175. The van der Waals surface area contributed by atoms with Gasteiger partial charge in [-0.3, -0.25) is 0 Å². The molecule has 23 heavy (non-hydrogen) atoms. The average molecular weight is 325 g/mol. The van der Waals surface area contributed by atoms with Gasteiger partial charge in [-0.1, -0.05) is 6.92 Å². The molecule has 2 saturated heterocycles. The Morgan fingerprint density at radius 2 is 1.87 bits per heavy atom. The van der Waals surface area contributed by atoms with Gasteiger partial charge in [0.25, 0.3) is 0 Å². The first-order valence-electron chi connectivity index (χ1n) is 9.25. The molecule has 0 radical (unpaired) electrons. The molecule has 134 valence electrons. The fourth-order valence-electron chi connectivity index (χ4n) is 3.67. The zero-order valence-corrected chi connectivity index (χ0v) is 15.6. The van der Waals surface area contributed by atoms with Crippen LogP contribution in [0.3, 0.4) is 0 Å². The van der Waals surface area contributed by atoms with E-state index in [2.05, 4.69) is 24.1 Å². The summed E-state index contributed by atoms with van der Waals surface area (Å²) >= 11 is 0. The summed E-state index contributed by atoms with van der Waals surface area (Å²) < 4.78 is 5.47. The minimum atomic E-state index is -0.414. The highest BCUT2D eigenvalue weighted by molar-refractivity contribution is 5.68. The van der Waals surface area contributed by atoms with Crippen molar-refractivity contribution < 1.29 is 9.53 Å². The van der Waals surface area contributed by atoms with Gasteiger partial charge in [0.2, 0.25) is 0 Å². The van der Waals surface area contributed by atoms with E-state index < -0.39 is 5.60 Å². The monoisotopic (exact) mass is 325 g/mol. The third-order valence-corrected chi connectivity index (χ3v) is 5.13. The summed E-state index contributed by atoms with van der Waals surface area (Å²) in [5.74, 6) is 0.758. The van der Waals surface area contributed by atoms with Gasteiger partial charge in [0.05, 0.1) is 0 Å². The highest BCUT2D eigenvalue weighted by Gasteiger charge is 2.32. The first-order valence-corrected chi connectivity index (χ1v) is 9.25. The van der Waals surface area contributed by atoms with Gasteiger partial charge < -0.3 is 19.9 Å². The lowest BCUT2D eigenvalue weighted by Crippen LogP contribution is -2.46. The molecule has 5 heteroatoms. The fourth-order valence-corrected chi connectivity index (χ4v) is 3.67. The summed E-state index contributed by atoms with van der Waals surface area (Å²) in [5, 5.41) is 3.76. The predicted molar refractivity (Wildman–Crippen MR) is 93.6 cm³/mol. The van der Waals surface area contributed by atoms with Crippen molar-refractivity contribution in [2.75, 3.05) is 32.7 Å². The van der Waals surface area contributed by atoms with Crippen LogP contribution in [0.25, 0.3) is 0 Å². The van der Waals surface area contributed by atoms with Gasteiger partial charge in [-0.05, 0) is 72.5 Å². The van der Waals surface area contributed by atoms with Gasteiger partial charge in [-0.2, -0.15) is 0 Å². The third kappa shape index (κ3) is 5.64. The van der Waals surface area contributed by atoms with Crippen molar-refractivity contribution in [1.29, 1.82) is 0 Å². The van der Waals surface area contributed by atoms with E-state index in [-0.39, 0.29) is 6.09 Å². The molecule has 1 N–H and O–H groups in total. The van der Waals surface area contributed by atoms with E-state index in [0.717, 1.165) is 25.4 Å². The van der Waals surface area contributed by atoms with Crippen molar-refractivity contribution in [3.63, 3.8) is 0 Å². The summed E-state index contributed by atoms with van der Waals surface area (Å²) in [6, 6.07) is 0.930. The number of ether oxygens (including phenoxy) is 1. The topological polar surface area (TPSA) is 44.8 Å². The average Bonchev–Trinajstić information content (AvgIpc) is 2.94. The van der Waals surface area contributed by atoms with Crippen molar-refractivity contribution in [3.05, 3.63) is 0 Å². The van der Waals surface area contributed by atoms with Gasteiger partial charge in [0.15, 0.2) is 0 Å². The van der Waals surface area contributed by atoms with Crippen LogP contribution in [-0.2, 0) is 4.74 Å². The van der Waals surface area contributed by atoms with Crippen LogP contribution in [0, 0.1) is 5.92 Å². The Bertz CT molecular complexity index is 386. The normalized spacial score (nSPS) is 25.6. The zero-order chi connectivity index (χ0) is 17.0. The first-order chi connectivity index (χ1) is 10.8. The smallest absolute Gasteiger partial charge is 0.410 e. The Morgan fingerprint density at radius 1 is 1.22 bits per heavy atom. The van der Waals surface area contributed by atoms with Crippen LogP contribution in [0.2, 0.25) is 0 Å². The lowest BCUT2D eigenvalue weighted by Gasteiger charge is -2.35. The van der Waals surface area contributed by atoms with E-state index in [1.165, 1.54) is 32.5 Å². The van der Waals surface area contributed by atoms with Crippen molar-refractivity contribution in [2.24, 2.45) is 5.92 Å². The second kappa shape index (κ2) is 7.84. The Balaban J connectivity index is 1.74. The third-order valence-electron chi connectivity index (χ3n) is 5.13. The Morgan fingerprint density at radius 3 is 2.43 bits per heavy atom. The zero-order valence-electron chi connectivity index (χ0n) is 15.6. The Kier molecular flexibility index (Phi) is 6.32. The number of piperidine rings is 1. The van der Waals surface area contributed by atoms with E-state index in [9.17, 15) is 4.79 Å². The van der Waals surface area contributed by atoms with Gasteiger partial charge in [0, 0.05) is 25.2 Å². The Hall–Kier alpha value is -0.810. The highest BCUT2D eigenvalue weighted by Crippen LogP contribution is 2.22. The number of likely N-dealkylation sites (tertiary alicyclic amines) is 2. The maximum atomic E-state index is 12.1. The number of hydrogen-bond acceptors (Lipinski definition) is 4. The molecular weight excluding hydrogens is 290 g/mol. The van der Waals surface area contributed by atoms with Crippen LogP contribution in [0.4, 0.5) is 4.79 Å². The van der Waals surface area contributed by atoms with E-state index in [1.807, 2.05) is 25.7 Å². The maximum Gasteiger partial charge on any atom is 0.410 e. The molecule has 2 fully saturated rings. The van der Waals surface area contributed by atoms with Crippen LogP contribution in [-0.4, -0.2) is 66.3 Å². The molecule has 2 unspecified atom stereocenters. The minimum Gasteiger partial charge on any atom is -0.444 e. The second-order valence-corrected chi connectivity index (χ2v) is 8.14. The molecule has 0 saturated carbocycles. The number of hydrogen-bond donors (Lipinski definition) is 1. The van der Waals surface area contributed by atoms with E-state index >= 15 is 0 Å². The van der Waals surface area contributed by atoms with Crippen molar-refractivity contribution in [3.8, 4) is 0 Å². The molecule has 2 aliphatic heterocycles. The van der Waals surface area contributed by atoms with E-state index in [1.54, 1.807) is 0 Å². The van der Waals surface area contributed by atoms with Gasteiger partial charge in [-0.15, -0.1) is 0 Å². The van der Waals surface area contributed by atoms with Crippen molar-refractivity contribution >= 4 is 6.09 Å². The van der Waals surface area contributed by atoms with E-state index in [0.29, 0.717) is 12.1 Å². The van der Waals surface area contributed by atoms with Crippen molar-refractivity contribution in [2.45, 2.75) is 71.6 Å². The molecule has 5 nitrogen and oxygen atoms in total. The molecule has 0 bridgehead atoms. The van der Waals surface area contributed by atoms with Crippen LogP contribution < -0.4 is 5.32 Å². The fraction of sp³-hybridized carbons (Fsp3) is 0.944. The lowest BCUT2D eigenvalue weighted by molar-refractivity contribution is 0.0289. The second-order valence-electron chi connectivity index (χ2n) is 8.14. The molecule has 0 aromatic carbocycles. The lowest BCUT2D eigenvalue weighted by atomic mass is 9.90. The Labute approximate surface area is 141 Å². The van der Waals surface area contributed by atoms with Crippen LogP contribution in [0.1, 0.15) is 53.9 Å². The quantitative estimate of drug-likeness (QED) is 0.863.